The Morgan fingerprint density at radius 3 is 2.86 bits per heavy atom. The van der Waals surface area contributed by atoms with Gasteiger partial charge in [-0.3, -0.25) is 0 Å². The number of thioether (sulfide) groups is 1. The molecule has 1 aliphatic rings. The molecule has 1 heterocycles. The highest BCUT2D eigenvalue weighted by Gasteiger charge is 2.08. The summed E-state index contributed by atoms with van der Waals surface area (Å²) < 4.78 is 0. The lowest BCUT2D eigenvalue weighted by atomic mass is 9.84. The summed E-state index contributed by atoms with van der Waals surface area (Å²) >= 11 is 1.93. The third kappa shape index (κ3) is 1.03. The molecule has 0 aromatic heterocycles. The average Bonchev–Trinajstić information content (AvgIpc) is 1.91. The summed E-state index contributed by atoms with van der Waals surface area (Å²) in [5.74, 6) is 2.14. The minimum atomic E-state index is 0.838. The molecule has 7 heavy (non-hydrogen) atoms. The predicted molar refractivity (Wildman–Crippen MR) is 38.5 cm³/mol. The molecule has 0 amide bonds. The first kappa shape index (κ1) is 5.29. The van der Waals surface area contributed by atoms with Crippen LogP contribution in [0.15, 0.2) is 11.0 Å². The number of allylic oxidation sites excluding steroid dienone is 1. The predicted octanol–water partition coefficient (Wildman–Crippen LogP) is 1.06. The van der Waals surface area contributed by atoms with Crippen molar-refractivity contribution in [1.82, 2.24) is 0 Å². The van der Waals surface area contributed by atoms with Gasteiger partial charge in [-0.05, 0) is 23.9 Å². The fraction of sp³-hybridized carbons (Fsp3) is 0.600. The van der Waals surface area contributed by atoms with E-state index in [-0.39, 0.29) is 0 Å². The van der Waals surface area contributed by atoms with Gasteiger partial charge in [0.2, 0.25) is 0 Å². The number of hydrogen-bond donors (Lipinski definition) is 0. The van der Waals surface area contributed by atoms with Crippen molar-refractivity contribution in [3.05, 3.63) is 11.0 Å². The lowest BCUT2D eigenvalue weighted by Gasteiger charge is -1.97. The molecule has 0 N–H and O–H groups in total. The summed E-state index contributed by atoms with van der Waals surface area (Å²) in [4.78, 5) is 0. The maximum Gasteiger partial charge on any atom is 0.111 e. The smallest absolute Gasteiger partial charge is 0.111 e. The van der Waals surface area contributed by atoms with E-state index in [1.54, 1.807) is 5.57 Å². The van der Waals surface area contributed by atoms with Gasteiger partial charge < -0.3 is 0 Å². The summed E-state index contributed by atoms with van der Waals surface area (Å²) in [6.45, 7) is 2.20. The summed E-state index contributed by atoms with van der Waals surface area (Å²) in [6, 6.07) is 0. The van der Waals surface area contributed by atoms with E-state index in [2.05, 4.69) is 20.2 Å². The second-order valence-electron chi connectivity index (χ2n) is 2.10. The van der Waals surface area contributed by atoms with Crippen molar-refractivity contribution in [1.29, 1.82) is 0 Å². The van der Waals surface area contributed by atoms with Gasteiger partial charge in [0, 0.05) is 0 Å². The minimum Gasteiger partial charge on any atom is -0.134 e. The van der Waals surface area contributed by atoms with Crippen LogP contribution in [0.2, 0.25) is 5.82 Å². The van der Waals surface area contributed by atoms with Gasteiger partial charge in [-0.2, -0.15) is 0 Å². The van der Waals surface area contributed by atoms with Crippen LogP contribution in [0.1, 0.15) is 6.92 Å². The van der Waals surface area contributed by atoms with E-state index in [1.807, 2.05) is 11.8 Å². The van der Waals surface area contributed by atoms with E-state index in [4.69, 9.17) is 0 Å². The minimum absolute atomic E-state index is 0.838. The molecule has 1 unspecified atom stereocenters. The molecule has 1 aliphatic heterocycles. The Kier molecular flexibility index (Phi) is 1.48. The fourth-order valence-electron chi connectivity index (χ4n) is 0.571. The van der Waals surface area contributed by atoms with Crippen LogP contribution in [0.3, 0.4) is 0 Å². The third-order valence-corrected chi connectivity index (χ3v) is 2.62. The zero-order valence-electron chi connectivity index (χ0n) is 4.77. The van der Waals surface area contributed by atoms with Gasteiger partial charge in [-0.1, -0.05) is 5.57 Å². The van der Waals surface area contributed by atoms with Crippen molar-refractivity contribution in [2.45, 2.75) is 12.7 Å². The van der Waals surface area contributed by atoms with Crippen LogP contribution < -0.4 is 0 Å². The Morgan fingerprint density at radius 2 is 2.71 bits per heavy atom. The van der Waals surface area contributed by atoms with E-state index in [1.165, 1.54) is 5.75 Å². The van der Waals surface area contributed by atoms with Crippen LogP contribution in [-0.2, 0) is 0 Å². The molecule has 1 rings (SSSR count). The van der Waals surface area contributed by atoms with Gasteiger partial charge in [0.15, 0.2) is 0 Å². The zero-order valence-corrected chi connectivity index (χ0v) is 5.59. The van der Waals surface area contributed by atoms with Crippen LogP contribution >= 0.6 is 11.8 Å². The van der Waals surface area contributed by atoms with Crippen LogP contribution in [0, 0.1) is 0 Å². The summed E-state index contributed by atoms with van der Waals surface area (Å²) in [6.07, 6.45) is 0. The summed E-state index contributed by atoms with van der Waals surface area (Å²) in [7, 11) is 2.27. The van der Waals surface area contributed by atoms with Crippen molar-refractivity contribution in [3.63, 3.8) is 0 Å². The second kappa shape index (κ2) is 1.95. The van der Waals surface area contributed by atoms with Gasteiger partial charge in [-0.15, -0.1) is 11.8 Å². The van der Waals surface area contributed by atoms with Crippen LogP contribution in [0.5, 0.6) is 0 Å². The Bertz CT molecular complexity index is 98.3. The zero-order chi connectivity index (χ0) is 5.28. The van der Waals surface area contributed by atoms with E-state index in [0.717, 1.165) is 5.82 Å². The first-order chi connectivity index (χ1) is 3.30. The molecule has 0 saturated heterocycles. The summed E-state index contributed by atoms with van der Waals surface area (Å²) in [5, 5.41) is 2.25. The van der Waals surface area contributed by atoms with E-state index in [0.29, 0.717) is 0 Å². The largest absolute Gasteiger partial charge is 0.134 e. The topological polar surface area (TPSA) is 0 Å². The van der Waals surface area contributed by atoms with Crippen molar-refractivity contribution in [2.75, 3.05) is 5.75 Å². The average molecular weight is 112 g/mol. The highest BCUT2D eigenvalue weighted by molar-refractivity contribution is 8.02. The van der Waals surface area contributed by atoms with E-state index >= 15 is 0 Å². The van der Waals surface area contributed by atoms with Crippen LogP contribution in [0.25, 0.3) is 0 Å². The van der Waals surface area contributed by atoms with Crippen LogP contribution in [0.4, 0.5) is 0 Å². The first-order valence-corrected chi connectivity index (χ1v) is 3.64. The molecule has 0 aromatic rings. The normalized spacial score (nSPS) is 30.4. The first-order valence-electron chi connectivity index (χ1n) is 2.59. The van der Waals surface area contributed by atoms with Gasteiger partial charge in [0.1, 0.15) is 7.85 Å². The Balaban J connectivity index is 2.54. The van der Waals surface area contributed by atoms with E-state index < -0.39 is 0 Å². The molecule has 0 nitrogen and oxygen atoms in total. The number of rotatable bonds is 0. The van der Waals surface area contributed by atoms with Gasteiger partial charge in [0.05, 0.1) is 0 Å². The fourth-order valence-corrected chi connectivity index (χ4v) is 1.71. The molecule has 0 aliphatic carbocycles. The highest BCUT2D eigenvalue weighted by atomic mass is 32.2. The highest BCUT2D eigenvalue weighted by Crippen LogP contribution is 2.29. The molecular weight excluding hydrogens is 103 g/mol. The summed E-state index contributed by atoms with van der Waals surface area (Å²) in [5.41, 5.74) is 1.55. The molecule has 0 fully saturated rings. The van der Waals surface area contributed by atoms with Gasteiger partial charge in [-0.25, -0.2) is 0 Å². The molecular formula is C5H9BS. The van der Waals surface area contributed by atoms with Crippen molar-refractivity contribution >= 4 is 19.6 Å². The molecule has 2 heteroatoms. The Morgan fingerprint density at radius 1 is 2.00 bits per heavy atom. The number of hydrogen-bond acceptors (Lipinski definition) is 1. The molecule has 38 valence electrons. The van der Waals surface area contributed by atoms with Crippen LogP contribution in [-0.4, -0.2) is 13.6 Å². The van der Waals surface area contributed by atoms with Gasteiger partial charge >= 0.3 is 0 Å². The lowest BCUT2D eigenvalue weighted by molar-refractivity contribution is 1.13. The molecule has 0 radical (unpaired) electrons. The van der Waals surface area contributed by atoms with Crippen molar-refractivity contribution in [2.24, 2.45) is 0 Å². The SMILES string of the molecule is BC1CSC=C1C. The molecule has 0 spiro atoms. The molecule has 0 aromatic carbocycles. The monoisotopic (exact) mass is 112 g/mol. The van der Waals surface area contributed by atoms with Gasteiger partial charge in [0.25, 0.3) is 0 Å². The maximum atomic E-state index is 2.27. The van der Waals surface area contributed by atoms with E-state index in [9.17, 15) is 0 Å². The van der Waals surface area contributed by atoms with Crippen molar-refractivity contribution in [3.8, 4) is 0 Å². The van der Waals surface area contributed by atoms with Crippen molar-refractivity contribution < 1.29 is 0 Å². The lowest BCUT2D eigenvalue weighted by Crippen LogP contribution is -1.89. The molecule has 0 bridgehead atoms. The third-order valence-electron chi connectivity index (χ3n) is 1.39. The molecule has 1 atom stereocenters. The Hall–Kier alpha value is 0.155. The Labute approximate surface area is 49.8 Å². The second-order valence-corrected chi connectivity index (χ2v) is 3.00. The standard InChI is InChI=1S/C5H9BS/c1-4-2-7-3-5(4)6/h2,5H,3,6H2,1H3. The molecule has 0 saturated carbocycles. The quantitative estimate of drug-likeness (QED) is 0.422. The maximum absolute atomic E-state index is 2.27.